The zero-order valence-corrected chi connectivity index (χ0v) is 12.7. The maximum absolute atomic E-state index is 6.09. The number of hydrogen-bond donors (Lipinski definition) is 1. The zero-order chi connectivity index (χ0) is 14.5. The predicted molar refractivity (Wildman–Crippen MR) is 84.4 cm³/mol. The Morgan fingerprint density at radius 1 is 1.00 bits per heavy atom. The number of ether oxygens (including phenoxy) is 1. The minimum atomic E-state index is 0.460. The van der Waals surface area contributed by atoms with Crippen molar-refractivity contribution >= 4 is 0 Å². The number of aryl methyl sites for hydroxylation is 2. The number of para-hydroxylation sites is 1. The molecule has 0 fully saturated rings. The molecule has 0 aliphatic carbocycles. The molecule has 0 aliphatic rings. The van der Waals surface area contributed by atoms with Gasteiger partial charge < -0.3 is 10.1 Å². The molecule has 2 rings (SSSR count). The van der Waals surface area contributed by atoms with Crippen LogP contribution in [0, 0.1) is 13.8 Å². The van der Waals surface area contributed by atoms with E-state index >= 15 is 0 Å². The van der Waals surface area contributed by atoms with Crippen molar-refractivity contribution in [1.82, 2.24) is 5.32 Å². The Bertz CT molecular complexity index is 575. The summed E-state index contributed by atoms with van der Waals surface area (Å²) in [6.07, 6.45) is 0. The Balaban J connectivity index is 2.24. The van der Waals surface area contributed by atoms with Crippen LogP contribution < -0.4 is 10.1 Å². The van der Waals surface area contributed by atoms with Crippen LogP contribution in [0.4, 0.5) is 0 Å². The Morgan fingerprint density at radius 3 is 2.45 bits per heavy atom. The van der Waals surface area contributed by atoms with E-state index < -0.39 is 0 Å². The molecule has 0 amide bonds. The molecular formula is C18H23NO. The van der Waals surface area contributed by atoms with Gasteiger partial charge >= 0.3 is 0 Å². The smallest absolute Gasteiger partial charge is 0.131 e. The Labute approximate surface area is 121 Å². The SMILES string of the molecule is Cc1ccc(Oc2ccccc2C)c(CNC(C)C)c1. The molecule has 0 radical (unpaired) electrons. The highest BCUT2D eigenvalue weighted by atomic mass is 16.5. The first-order chi connectivity index (χ1) is 9.56. The predicted octanol–water partition coefficient (Wildman–Crippen LogP) is 4.59. The average Bonchev–Trinajstić information content (AvgIpc) is 2.41. The molecule has 2 heteroatoms. The lowest BCUT2D eigenvalue weighted by molar-refractivity contribution is 0.466. The second-order valence-corrected chi connectivity index (χ2v) is 5.51. The van der Waals surface area contributed by atoms with E-state index in [9.17, 15) is 0 Å². The van der Waals surface area contributed by atoms with Gasteiger partial charge in [-0.2, -0.15) is 0 Å². The molecule has 1 N–H and O–H groups in total. The van der Waals surface area contributed by atoms with Crippen molar-refractivity contribution < 1.29 is 4.74 Å². The van der Waals surface area contributed by atoms with Crippen molar-refractivity contribution in [2.24, 2.45) is 0 Å². The van der Waals surface area contributed by atoms with Crippen LogP contribution in [-0.2, 0) is 6.54 Å². The molecule has 2 aromatic rings. The molecule has 20 heavy (non-hydrogen) atoms. The van der Waals surface area contributed by atoms with E-state index in [0.29, 0.717) is 6.04 Å². The molecule has 0 aliphatic heterocycles. The first kappa shape index (κ1) is 14.6. The summed E-state index contributed by atoms with van der Waals surface area (Å²) in [6, 6.07) is 14.9. The van der Waals surface area contributed by atoms with Gasteiger partial charge in [-0.25, -0.2) is 0 Å². The van der Waals surface area contributed by atoms with Gasteiger partial charge in [-0.05, 0) is 31.5 Å². The molecular weight excluding hydrogens is 246 g/mol. The molecule has 2 aromatic carbocycles. The molecule has 0 spiro atoms. The van der Waals surface area contributed by atoms with Gasteiger partial charge in [-0.3, -0.25) is 0 Å². The first-order valence-electron chi connectivity index (χ1n) is 7.12. The van der Waals surface area contributed by atoms with Crippen molar-refractivity contribution in [3.8, 4) is 11.5 Å². The highest BCUT2D eigenvalue weighted by Crippen LogP contribution is 2.28. The van der Waals surface area contributed by atoms with Gasteiger partial charge in [0.15, 0.2) is 0 Å². The molecule has 2 nitrogen and oxygen atoms in total. The van der Waals surface area contributed by atoms with Crippen molar-refractivity contribution in [2.75, 3.05) is 0 Å². The van der Waals surface area contributed by atoms with E-state index in [1.165, 1.54) is 11.1 Å². The lowest BCUT2D eigenvalue weighted by Gasteiger charge is -2.15. The quantitative estimate of drug-likeness (QED) is 0.857. The van der Waals surface area contributed by atoms with Crippen LogP contribution in [0.15, 0.2) is 42.5 Å². The largest absolute Gasteiger partial charge is 0.457 e. The molecule has 0 aromatic heterocycles. The standard InChI is InChI=1S/C18H23NO/c1-13(2)19-12-16-11-14(3)9-10-18(16)20-17-8-6-5-7-15(17)4/h5-11,13,19H,12H2,1-4H3. The van der Waals surface area contributed by atoms with E-state index in [-0.39, 0.29) is 0 Å². The van der Waals surface area contributed by atoms with Gasteiger partial charge in [0.1, 0.15) is 11.5 Å². The van der Waals surface area contributed by atoms with Gasteiger partial charge in [-0.15, -0.1) is 0 Å². The molecule has 0 saturated carbocycles. The molecule has 106 valence electrons. The van der Waals surface area contributed by atoms with Crippen molar-refractivity contribution in [3.05, 3.63) is 59.2 Å². The summed E-state index contributed by atoms with van der Waals surface area (Å²) < 4.78 is 6.09. The summed E-state index contributed by atoms with van der Waals surface area (Å²) in [5, 5.41) is 3.45. The highest BCUT2D eigenvalue weighted by molar-refractivity contribution is 5.42. The van der Waals surface area contributed by atoms with Gasteiger partial charge in [0.05, 0.1) is 0 Å². The third-order valence-corrected chi connectivity index (χ3v) is 3.23. The van der Waals surface area contributed by atoms with E-state index in [0.717, 1.165) is 23.6 Å². The molecule has 0 unspecified atom stereocenters. The summed E-state index contributed by atoms with van der Waals surface area (Å²) in [4.78, 5) is 0. The van der Waals surface area contributed by atoms with Crippen molar-refractivity contribution in [2.45, 2.75) is 40.3 Å². The lowest BCUT2D eigenvalue weighted by atomic mass is 10.1. The molecule has 0 saturated heterocycles. The second-order valence-electron chi connectivity index (χ2n) is 5.51. The normalized spacial score (nSPS) is 10.8. The van der Waals surface area contributed by atoms with Crippen LogP contribution in [0.1, 0.15) is 30.5 Å². The van der Waals surface area contributed by atoms with Crippen LogP contribution in [0.25, 0.3) is 0 Å². The van der Waals surface area contributed by atoms with Gasteiger partial charge in [0.2, 0.25) is 0 Å². The summed E-state index contributed by atoms with van der Waals surface area (Å²) in [7, 11) is 0. The first-order valence-corrected chi connectivity index (χ1v) is 7.12. The zero-order valence-electron chi connectivity index (χ0n) is 12.7. The molecule has 0 bridgehead atoms. The number of hydrogen-bond acceptors (Lipinski definition) is 2. The van der Waals surface area contributed by atoms with Crippen molar-refractivity contribution in [1.29, 1.82) is 0 Å². The van der Waals surface area contributed by atoms with Crippen LogP contribution in [0.5, 0.6) is 11.5 Å². The monoisotopic (exact) mass is 269 g/mol. The Hall–Kier alpha value is -1.80. The number of nitrogens with one attached hydrogen (secondary N) is 1. The topological polar surface area (TPSA) is 21.3 Å². The molecule has 0 atom stereocenters. The molecule has 0 heterocycles. The maximum atomic E-state index is 6.09. The minimum Gasteiger partial charge on any atom is -0.457 e. The number of benzene rings is 2. The average molecular weight is 269 g/mol. The third-order valence-electron chi connectivity index (χ3n) is 3.23. The van der Waals surface area contributed by atoms with Crippen molar-refractivity contribution in [3.63, 3.8) is 0 Å². The fourth-order valence-corrected chi connectivity index (χ4v) is 2.05. The van der Waals surface area contributed by atoms with E-state index in [2.05, 4.69) is 57.3 Å². The van der Waals surface area contributed by atoms with Gasteiger partial charge in [-0.1, -0.05) is 49.7 Å². The Morgan fingerprint density at radius 2 is 1.75 bits per heavy atom. The van der Waals surface area contributed by atoms with E-state index in [1.54, 1.807) is 0 Å². The summed E-state index contributed by atoms with van der Waals surface area (Å²) in [6.45, 7) is 9.29. The fourth-order valence-electron chi connectivity index (χ4n) is 2.05. The lowest BCUT2D eigenvalue weighted by Crippen LogP contribution is -2.22. The summed E-state index contributed by atoms with van der Waals surface area (Å²) in [5.74, 6) is 1.85. The summed E-state index contributed by atoms with van der Waals surface area (Å²) in [5.41, 5.74) is 3.60. The van der Waals surface area contributed by atoms with Crippen LogP contribution in [0.3, 0.4) is 0 Å². The maximum Gasteiger partial charge on any atom is 0.131 e. The minimum absolute atomic E-state index is 0.460. The van der Waals surface area contributed by atoms with Gasteiger partial charge in [0, 0.05) is 18.2 Å². The highest BCUT2D eigenvalue weighted by Gasteiger charge is 2.07. The van der Waals surface area contributed by atoms with Crippen LogP contribution in [0.2, 0.25) is 0 Å². The van der Waals surface area contributed by atoms with Gasteiger partial charge in [0.25, 0.3) is 0 Å². The van der Waals surface area contributed by atoms with E-state index in [4.69, 9.17) is 4.74 Å². The Kier molecular flexibility index (Phi) is 4.80. The van der Waals surface area contributed by atoms with Crippen LogP contribution in [-0.4, -0.2) is 6.04 Å². The third kappa shape index (κ3) is 3.84. The fraction of sp³-hybridized carbons (Fsp3) is 0.333. The number of rotatable bonds is 5. The van der Waals surface area contributed by atoms with E-state index in [1.807, 2.05) is 18.2 Å². The second kappa shape index (κ2) is 6.58. The summed E-state index contributed by atoms with van der Waals surface area (Å²) >= 11 is 0. The van der Waals surface area contributed by atoms with Crippen LogP contribution >= 0.6 is 0 Å².